The van der Waals surface area contributed by atoms with Crippen molar-refractivity contribution < 1.29 is 19.4 Å². The van der Waals surface area contributed by atoms with Crippen molar-refractivity contribution in [3.05, 3.63) is 48.0 Å². The molecule has 2 aromatic carbocycles. The Morgan fingerprint density at radius 2 is 1.88 bits per heavy atom. The molecule has 0 fully saturated rings. The minimum absolute atomic E-state index is 0.470. The van der Waals surface area contributed by atoms with Gasteiger partial charge in [-0.25, -0.2) is 4.79 Å². The topological polar surface area (TPSA) is 63.6 Å². The molecule has 4 heteroatoms. The first-order chi connectivity index (χ1) is 8.20. The summed E-state index contributed by atoms with van der Waals surface area (Å²) in [5, 5.41) is 10.5. The maximum Gasteiger partial charge on any atom is 0.506 e. The highest BCUT2D eigenvalue weighted by molar-refractivity contribution is 5.84. The van der Waals surface area contributed by atoms with Crippen LogP contribution in [-0.2, 0) is 9.53 Å². The third-order valence-electron chi connectivity index (χ3n) is 2.45. The summed E-state index contributed by atoms with van der Waals surface area (Å²) in [6.07, 6.45) is -2.06. The molecule has 1 N–H and O–H groups in total. The number of hydrogen-bond donors (Lipinski definition) is 1. The molecule has 0 radical (unpaired) electrons. The van der Waals surface area contributed by atoms with E-state index in [4.69, 9.17) is 5.11 Å². The smallest absolute Gasteiger partial charge is 0.450 e. The Morgan fingerprint density at radius 3 is 2.53 bits per heavy atom. The molecule has 0 heterocycles. The maximum atomic E-state index is 10.8. The first-order valence-corrected chi connectivity index (χ1v) is 5.04. The van der Waals surface area contributed by atoms with Crippen molar-refractivity contribution in [1.82, 2.24) is 0 Å². The second-order valence-electron chi connectivity index (χ2n) is 3.55. The monoisotopic (exact) mass is 230 g/mol. The van der Waals surface area contributed by atoms with Crippen molar-refractivity contribution >= 4 is 23.2 Å². The molecule has 1 unspecified atom stereocenters. The van der Waals surface area contributed by atoms with Crippen LogP contribution in [0.1, 0.15) is 11.7 Å². The van der Waals surface area contributed by atoms with Crippen LogP contribution in [0, 0.1) is 0 Å². The van der Waals surface area contributed by atoms with Crippen molar-refractivity contribution in [1.29, 1.82) is 0 Å². The Labute approximate surface area is 97.4 Å². The van der Waals surface area contributed by atoms with Crippen molar-refractivity contribution in [2.45, 2.75) is 6.10 Å². The number of carbonyl (C=O) groups excluding carboxylic acids is 1. The van der Waals surface area contributed by atoms with Gasteiger partial charge in [0.2, 0.25) is 0 Å². The summed E-state index contributed by atoms with van der Waals surface area (Å²) >= 11 is 0. The highest BCUT2D eigenvalue weighted by Crippen LogP contribution is 2.21. The summed E-state index contributed by atoms with van der Waals surface area (Å²) in [4.78, 5) is 21.2. The predicted molar refractivity (Wildman–Crippen MR) is 61.9 cm³/mol. The molecule has 2 aromatic rings. The van der Waals surface area contributed by atoms with Gasteiger partial charge in [-0.2, -0.15) is 0 Å². The van der Waals surface area contributed by atoms with Gasteiger partial charge in [-0.1, -0.05) is 36.4 Å². The van der Waals surface area contributed by atoms with Crippen molar-refractivity contribution in [3.63, 3.8) is 0 Å². The zero-order valence-electron chi connectivity index (χ0n) is 8.87. The van der Waals surface area contributed by atoms with E-state index in [-0.39, 0.29) is 0 Å². The fourth-order valence-electron chi connectivity index (χ4n) is 1.67. The molecule has 1 atom stereocenters. The lowest BCUT2D eigenvalue weighted by Crippen LogP contribution is -2.10. The first-order valence-electron chi connectivity index (χ1n) is 5.04. The molecule has 0 aromatic heterocycles. The van der Waals surface area contributed by atoms with E-state index in [1.807, 2.05) is 30.3 Å². The van der Waals surface area contributed by atoms with Crippen LogP contribution in [0.4, 0.5) is 4.79 Å². The average Bonchev–Trinajstić information content (AvgIpc) is 2.35. The Morgan fingerprint density at radius 1 is 1.18 bits per heavy atom. The molecule has 0 aliphatic carbocycles. The van der Waals surface area contributed by atoms with Gasteiger partial charge in [0, 0.05) is 5.56 Å². The molecule has 0 bridgehead atoms. The second kappa shape index (κ2) is 4.65. The third kappa shape index (κ3) is 2.42. The van der Waals surface area contributed by atoms with E-state index < -0.39 is 12.3 Å². The highest BCUT2D eigenvalue weighted by atomic mass is 16.7. The molecular weight excluding hydrogens is 220 g/mol. The Kier molecular flexibility index (Phi) is 3.05. The van der Waals surface area contributed by atoms with E-state index in [1.54, 1.807) is 12.1 Å². The molecule has 0 amide bonds. The normalized spacial score (nSPS) is 12.0. The fourth-order valence-corrected chi connectivity index (χ4v) is 1.67. The van der Waals surface area contributed by atoms with Gasteiger partial charge in [-0.05, 0) is 16.8 Å². The summed E-state index contributed by atoms with van der Waals surface area (Å²) in [6.45, 7) is 0. The Hall–Kier alpha value is -2.36. The Bertz CT molecular complexity index is 562. The number of carboxylic acid groups (broad SMARTS) is 1. The van der Waals surface area contributed by atoms with Crippen molar-refractivity contribution in [3.8, 4) is 0 Å². The lowest BCUT2D eigenvalue weighted by Gasteiger charge is -2.10. The average molecular weight is 230 g/mol. The van der Waals surface area contributed by atoms with Gasteiger partial charge in [-0.15, -0.1) is 0 Å². The standard InChI is InChI=1S/C13H10O4/c14-8-12(17-13(15)16)11-6-5-9-3-1-2-4-10(9)7-11/h1-8,12H,(H,15,16). The number of hydrogen-bond acceptors (Lipinski definition) is 3. The fraction of sp³-hybridized carbons (Fsp3) is 0.0769. The molecule has 86 valence electrons. The minimum Gasteiger partial charge on any atom is -0.450 e. The quantitative estimate of drug-likeness (QED) is 0.650. The van der Waals surface area contributed by atoms with Crippen molar-refractivity contribution in [2.24, 2.45) is 0 Å². The molecule has 0 aliphatic heterocycles. The van der Waals surface area contributed by atoms with Crippen LogP contribution in [0.15, 0.2) is 42.5 Å². The summed E-state index contributed by atoms with van der Waals surface area (Å²) in [5.41, 5.74) is 0.529. The number of aldehydes is 1. The number of ether oxygens (including phenoxy) is 1. The molecule has 0 aliphatic rings. The zero-order chi connectivity index (χ0) is 12.3. The van der Waals surface area contributed by atoms with E-state index >= 15 is 0 Å². The van der Waals surface area contributed by atoms with Crippen LogP contribution in [0.25, 0.3) is 10.8 Å². The highest BCUT2D eigenvalue weighted by Gasteiger charge is 2.15. The summed E-state index contributed by atoms with van der Waals surface area (Å²) in [7, 11) is 0. The largest absolute Gasteiger partial charge is 0.506 e. The van der Waals surface area contributed by atoms with Gasteiger partial charge >= 0.3 is 6.16 Å². The van der Waals surface area contributed by atoms with Crippen LogP contribution in [-0.4, -0.2) is 17.5 Å². The van der Waals surface area contributed by atoms with Crippen LogP contribution >= 0.6 is 0 Å². The third-order valence-corrected chi connectivity index (χ3v) is 2.45. The molecular formula is C13H10O4. The summed E-state index contributed by atoms with van der Waals surface area (Å²) in [5.74, 6) is 0. The lowest BCUT2D eigenvalue weighted by atomic mass is 10.0. The van der Waals surface area contributed by atoms with E-state index in [1.165, 1.54) is 0 Å². The molecule has 0 saturated carbocycles. The van der Waals surface area contributed by atoms with Crippen LogP contribution in [0.2, 0.25) is 0 Å². The van der Waals surface area contributed by atoms with Gasteiger partial charge < -0.3 is 9.84 Å². The molecule has 4 nitrogen and oxygen atoms in total. The molecule has 0 saturated heterocycles. The van der Waals surface area contributed by atoms with Crippen LogP contribution < -0.4 is 0 Å². The van der Waals surface area contributed by atoms with Crippen LogP contribution in [0.5, 0.6) is 0 Å². The van der Waals surface area contributed by atoms with E-state index in [2.05, 4.69) is 4.74 Å². The van der Waals surface area contributed by atoms with Gasteiger partial charge in [0.1, 0.15) is 0 Å². The van der Waals surface area contributed by atoms with Gasteiger partial charge in [0.25, 0.3) is 0 Å². The first kappa shape index (κ1) is 11.1. The van der Waals surface area contributed by atoms with Crippen molar-refractivity contribution in [2.75, 3.05) is 0 Å². The van der Waals surface area contributed by atoms with Gasteiger partial charge in [-0.3, -0.25) is 4.79 Å². The number of carbonyl (C=O) groups is 2. The van der Waals surface area contributed by atoms with Gasteiger partial charge in [0.15, 0.2) is 12.4 Å². The zero-order valence-corrected chi connectivity index (χ0v) is 8.87. The maximum absolute atomic E-state index is 10.8. The van der Waals surface area contributed by atoms with E-state index in [0.29, 0.717) is 11.8 Å². The SMILES string of the molecule is O=CC(OC(=O)O)c1ccc2ccccc2c1. The van der Waals surface area contributed by atoms with E-state index in [0.717, 1.165) is 10.8 Å². The van der Waals surface area contributed by atoms with E-state index in [9.17, 15) is 9.59 Å². The lowest BCUT2D eigenvalue weighted by molar-refractivity contribution is -0.116. The van der Waals surface area contributed by atoms with Crippen LogP contribution in [0.3, 0.4) is 0 Å². The molecule has 2 rings (SSSR count). The second-order valence-corrected chi connectivity index (χ2v) is 3.55. The number of fused-ring (bicyclic) bond motifs is 1. The van der Waals surface area contributed by atoms with Gasteiger partial charge in [0.05, 0.1) is 0 Å². The number of benzene rings is 2. The predicted octanol–water partition coefficient (Wildman–Crippen LogP) is 2.77. The summed E-state index contributed by atoms with van der Waals surface area (Å²) < 4.78 is 4.48. The Balaban J connectivity index is 2.40. The minimum atomic E-state index is -1.46. The molecule has 0 spiro atoms. The molecule has 17 heavy (non-hydrogen) atoms. The summed E-state index contributed by atoms with van der Waals surface area (Å²) in [6, 6.07) is 12.9. The number of rotatable bonds is 3.